The topological polar surface area (TPSA) is 121 Å². The average Bonchev–Trinajstić information content (AvgIpc) is 2.74. The van der Waals surface area contributed by atoms with Gasteiger partial charge in [0.15, 0.2) is 0 Å². The number of anilines is 2. The largest absolute Gasteiger partial charge is 0.366 e. The van der Waals surface area contributed by atoms with Gasteiger partial charge in [-0.1, -0.05) is 6.92 Å². The minimum Gasteiger partial charge on any atom is -0.366 e. The predicted octanol–water partition coefficient (Wildman–Crippen LogP) is 3.32. The second-order valence-electron chi connectivity index (χ2n) is 7.55. The van der Waals surface area contributed by atoms with Gasteiger partial charge in [-0.25, -0.2) is 4.98 Å². The normalized spacial score (nSPS) is 14.6. The van der Waals surface area contributed by atoms with Gasteiger partial charge in [0, 0.05) is 30.4 Å². The number of hydrogen-bond donors (Lipinski definition) is 2. The van der Waals surface area contributed by atoms with Crippen molar-refractivity contribution in [1.29, 1.82) is 0 Å². The molecule has 0 aliphatic carbocycles. The van der Waals surface area contributed by atoms with E-state index in [0.29, 0.717) is 28.2 Å². The minimum atomic E-state index is -0.489. The molecule has 1 fully saturated rings. The number of carbonyl (C=O) groups excluding carboxylic acids is 1. The van der Waals surface area contributed by atoms with E-state index in [9.17, 15) is 19.7 Å². The molecule has 1 aliphatic rings. The number of fused-ring (bicyclic) bond motifs is 1. The summed E-state index contributed by atoms with van der Waals surface area (Å²) in [6.07, 6.45) is 3.28. The van der Waals surface area contributed by atoms with Gasteiger partial charge in [0.2, 0.25) is 0 Å². The zero-order chi connectivity index (χ0) is 21.3. The molecule has 1 aliphatic heterocycles. The first-order chi connectivity index (χ1) is 14.4. The van der Waals surface area contributed by atoms with Gasteiger partial charge >= 0.3 is 0 Å². The fraction of sp³-hybridized carbons (Fsp3) is 0.286. The number of aromatic amines is 1. The fourth-order valence-corrected chi connectivity index (χ4v) is 3.68. The smallest absolute Gasteiger partial charge is 0.293 e. The molecule has 2 aromatic carbocycles. The van der Waals surface area contributed by atoms with Crippen molar-refractivity contribution in [3.05, 3.63) is 68.8 Å². The summed E-state index contributed by atoms with van der Waals surface area (Å²) in [5.74, 6) is 0.117. The Labute approximate surface area is 171 Å². The summed E-state index contributed by atoms with van der Waals surface area (Å²) in [4.78, 5) is 44.4. The fourth-order valence-electron chi connectivity index (χ4n) is 3.68. The van der Waals surface area contributed by atoms with Gasteiger partial charge in [-0.05, 0) is 49.1 Å². The number of nitro benzene ring substituents is 1. The van der Waals surface area contributed by atoms with E-state index in [2.05, 4.69) is 22.2 Å². The molecule has 30 heavy (non-hydrogen) atoms. The molecule has 2 N–H and O–H groups in total. The number of aromatic nitrogens is 2. The van der Waals surface area contributed by atoms with Crippen molar-refractivity contribution in [2.24, 2.45) is 5.92 Å². The number of amides is 1. The minimum absolute atomic E-state index is 0.0867. The maximum atomic E-state index is 12.7. The van der Waals surface area contributed by atoms with E-state index in [1.807, 2.05) is 4.90 Å². The Morgan fingerprint density at radius 2 is 2.00 bits per heavy atom. The summed E-state index contributed by atoms with van der Waals surface area (Å²) in [7, 11) is 0. The third-order valence-electron chi connectivity index (χ3n) is 5.46. The lowest BCUT2D eigenvalue weighted by atomic mass is 9.98. The number of carbonyl (C=O) groups is 1. The Hall–Kier alpha value is -3.75. The van der Waals surface area contributed by atoms with E-state index < -0.39 is 10.8 Å². The second-order valence-corrected chi connectivity index (χ2v) is 7.55. The van der Waals surface area contributed by atoms with Gasteiger partial charge in [0.05, 0.1) is 22.2 Å². The molecule has 3 aromatic rings. The third-order valence-corrected chi connectivity index (χ3v) is 5.46. The van der Waals surface area contributed by atoms with E-state index in [0.717, 1.165) is 25.9 Å². The van der Waals surface area contributed by atoms with Crippen molar-refractivity contribution >= 4 is 33.9 Å². The Morgan fingerprint density at radius 3 is 2.73 bits per heavy atom. The molecule has 1 saturated heterocycles. The highest BCUT2D eigenvalue weighted by Gasteiger charge is 2.24. The molecule has 154 valence electrons. The first-order valence-corrected chi connectivity index (χ1v) is 9.74. The van der Waals surface area contributed by atoms with Crippen LogP contribution >= 0.6 is 0 Å². The van der Waals surface area contributed by atoms with Crippen LogP contribution in [-0.4, -0.2) is 33.9 Å². The molecule has 0 radical (unpaired) electrons. The van der Waals surface area contributed by atoms with E-state index in [1.54, 1.807) is 24.3 Å². The van der Waals surface area contributed by atoms with Crippen LogP contribution in [0, 0.1) is 16.0 Å². The summed E-state index contributed by atoms with van der Waals surface area (Å²) in [6.45, 7) is 3.69. The third kappa shape index (κ3) is 3.86. The first-order valence-electron chi connectivity index (χ1n) is 9.74. The van der Waals surface area contributed by atoms with Gasteiger partial charge in [-0.15, -0.1) is 0 Å². The lowest BCUT2D eigenvalue weighted by Gasteiger charge is -2.31. The van der Waals surface area contributed by atoms with Crippen molar-refractivity contribution in [3.63, 3.8) is 0 Å². The molecule has 0 saturated carbocycles. The summed E-state index contributed by atoms with van der Waals surface area (Å²) in [6, 6.07) is 9.31. The zero-order valence-corrected chi connectivity index (χ0v) is 16.4. The monoisotopic (exact) mass is 407 g/mol. The highest BCUT2D eigenvalue weighted by molar-refractivity contribution is 6.05. The molecule has 0 bridgehead atoms. The highest BCUT2D eigenvalue weighted by Crippen LogP contribution is 2.32. The molecule has 9 heteroatoms. The number of piperidine rings is 1. The van der Waals surface area contributed by atoms with Crippen LogP contribution in [0.2, 0.25) is 0 Å². The average molecular weight is 407 g/mol. The summed E-state index contributed by atoms with van der Waals surface area (Å²) in [5.41, 5.74) is 1.22. The maximum Gasteiger partial charge on any atom is 0.293 e. The quantitative estimate of drug-likeness (QED) is 0.505. The predicted molar refractivity (Wildman–Crippen MR) is 114 cm³/mol. The van der Waals surface area contributed by atoms with Crippen LogP contribution in [0.15, 0.2) is 47.5 Å². The van der Waals surface area contributed by atoms with Crippen molar-refractivity contribution < 1.29 is 9.72 Å². The molecule has 0 spiro atoms. The molecule has 2 heterocycles. The molecular weight excluding hydrogens is 386 g/mol. The molecule has 1 aromatic heterocycles. The molecule has 1 amide bonds. The molecule has 0 atom stereocenters. The van der Waals surface area contributed by atoms with Gasteiger partial charge in [-0.3, -0.25) is 19.7 Å². The SMILES string of the molecule is CC1CCN(c2ccc(C(=O)Nc3ccc4nc[nH]c(=O)c4c3)cc2[N+](=O)[O-])CC1. The van der Waals surface area contributed by atoms with Crippen molar-refractivity contribution in [3.8, 4) is 0 Å². The van der Waals surface area contributed by atoms with Gasteiger partial charge < -0.3 is 15.2 Å². The van der Waals surface area contributed by atoms with Crippen molar-refractivity contribution in [2.45, 2.75) is 19.8 Å². The number of rotatable bonds is 4. The molecule has 9 nitrogen and oxygen atoms in total. The maximum absolute atomic E-state index is 12.7. The standard InChI is InChI=1S/C21H21N5O4/c1-13-6-8-25(9-7-13)18-5-2-14(10-19(18)26(29)30)20(27)24-15-3-4-17-16(11-15)21(28)23-12-22-17/h2-5,10-13H,6-9H2,1H3,(H,24,27)(H,22,23,28). The number of nitrogens with one attached hydrogen (secondary N) is 2. The lowest BCUT2D eigenvalue weighted by molar-refractivity contribution is -0.384. The van der Waals surface area contributed by atoms with E-state index in [1.165, 1.54) is 18.5 Å². The second kappa shape index (κ2) is 7.94. The molecule has 0 unspecified atom stereocenters. The van der Waals surface area contributed by atoms with Gasteiger partial charge in [-0.2, -0.15) is 0 Å². The van der Waals surface area contributed by atoms with E-state index in [-0.39, 0.29) is 16.8 Å². The Kier molecular flexibility index (Phi) is 5.18. The van der Waals surface area contributed by atoms with Crippen LogP contribution < -0.4 is 15.8 Å². The summed E-state index contributed by atoms with van der Waals surface area (Å²) >= 11 is 0. The zero-order valence-electron chi connectivity index (χ0n) is 16.4. The number of H-pyrrole nitrogens is 1. The van der Waals surface area contributed by atoms with Crippen LogP contribution in [0.5, 0.6) is 0 Å². The summed E-state index contributed by atoms with van der Waals surface area (Å²) < 4.78 is 0. The summed E-state index contributed by atoms with van der Waals surface area (Å²) in [5, 5.41) is 14.7. The Morgan fingerprint density at radius 1 is 1.23 bits per heavy atom. The van der Waals surface area contributed by atoms with Crippen LogP contribution in [-0.2, 0) is 0 Å². The number of nitro groups is 1. The number of benzene rings is 2. The van der Waals surface area contributed by atoms with Crippen LogP contribution in [0.25, 0.3) is 10.9 Å². The Balaban J connectivity index is 1.60. The number of hydrogen-bond acceptors (Lipinski definition) is 6. The van der Waals surface area contributed by atoms with E-state index >= 15 is 0 Å². The van der Waals surface area contributed by atoms with Crippen LogP contribution in [0.4, 0.5) is 17.1 Å². The number of nitrogens with zero attached hydrogens (tertiary/aromatic N) is 3. The van der Waals surface area contributed by atoms with E-state index in [4.69, 9.17) is 0 Å². The molecular formula is C21H21N5O4. The molecule has 4 rings (SSSR count). The van der Waals surface area contributed by atoms with Crippen LogP contribution in [0.3, 0.4) is 0 Å². The highest BCUT2D eigenvalue weighted by atomic mass is 16.6. The van der Waals surface area contributed by atoms with Gasteiger partial charge in [0.1, 0.15) is 5.69 Å². The van der Waals surface area contributed by atoms with Crippen molar-refractivity contribution in [1.82, 2.24) is 9.97 Å². The van der Waals surface area contributed by atoms with Crippen LogP contribution in [0.1, 0.15) is 30.1 Å². The lowest BCUT2D eigenvalue weighted by Crippen LogP contribution is -2.33. The van der Waals surface area contributed by atoms with Crippen molar-refractivity contribution in [2.75, 3.05) is 23.3 Å². The van der Waals surface area contributed by atoms with Gasteiger partial charge in [0.25, 0.3) is 17.2 Å². The Bertz CT molecular complexity index is 1180. The first kappa shape index (κ1) is 19.6.